The smallest absolute Gasteiger partial charge is 0.000664 e. The Labute approximate surface area is 145 Å². The minimum Gasteiger partial charge on any atom is -0.330 e. The van der Waals surface area contributed by atoms with Gasteiger partial charge in [-0.1, -0.05) is 44.3 Å². The molecule has 0 fully saturated rings. The Morgan fingerprint density at radius 3 is 2.13 bits per heavy atom. The van der Waals surface area contributed by atoms with Crippen LogP contribution in [0.5, 0.6) is 0 Å². The van der Waals surface area contributed by atoms with E-state index in [4.69, 9.17) is 5.73 Å². The highest BCUT2D eigenvalue weighted by atomic mass is 15.1. The molecule has 0 radical (unpaired) electrons. The van der Waals surface area contributed by atoms with Crippen LogP contribution >= 0.6 is 0 Å². The Balaban J connectivity index is 2.19. The van der Waals surface area contributed by atoms with Crippen LogP contribution in [0.25, 0.3) is 0 Å². The first-order valence-corrected chi connectivity index (χ1v) is 10.2. The molecule has 0 aromatic rings. The van der Waals surface area contributed by atoms with Gasteiger partial charge in [0.2, 0.25) is 0 Å². The Kier molecular flexibility index (Phi) is 14.8. The quantitative estimate of drug-likeness (QED) is 0.548. The Morgan fingerprint density at radius 1 is 0.739 bits per heavy atom. The van der Waals surface area contributed by atoms with Gasteiger partial charge in [0.05, 0.1) is 0 Å². The lowest BCUT2D eigenvalue weighted by Gasteiger charge is -2.22. The van der Waals surface area contributed by atoms with Crippen LogP contribution < -0.4 is 11.1 Å². The normalized spacial score (nSPS) is 20.0. The molecular formula is C20H41N3. The third-order valence-corrected chi connectivity index (χ3v) is 4.74. The van der Waals surface area contributed by atoms with Gasteiger partial charge in [0.1, 0.15) is 0 Å². The van der Waals surface area contributed by atoms with Crippen molar-refractivity contribution in [2.24, 2.45) is 5.73 Å². The van der Waals surface area contributed by atoms with Crippen LogP contribution in [-0.2, 0) is 0 Å². The van der Waals surface area contributed by atoms with Gasteiger partial charge in [0.25, 0.3) is 0 Å². The van der Waals surface area contributed by atoms with Crippen molar-refractivity contribution in [3.05, 3.63) is 12.2 Å². The van der Waals surface area contributed by atoms with E-state index in [9.17, 15) is 0 Å². The molecule has 0 amide bonds. The van der Waals surface area contributed by atoms with Crippen molar-refractivity contribution >= 4 is 0 Å². The summed E-state index contributed by atoms with van der Waals surface area (Å²) in [6, 6.07) is 0. The van der Waals surface area contributed by atoms with E-state index >= 15 is 0 Å². The van der Waals surface area contributed by atoms with Gasteiger partial charge in [-0.3, -0.25) is 0 Å². The van der Waals surface area contributed by atoms with Crippen LogP contribution in [0.3, 0.4) is 0 Å². The second-order valence-corrected chi connectivity index (χ2v) is 6.96. The van der Waals surface area contributed by atoms with Crippen LogP contribution in [0.15, 0.2) is 12.2 Å². The number of nitrogens with two attached hydrogens (primary N) is 1. The zero-order chi connectivity index (χ0) is 16.4. The van der Waals surface area contributed by atoms with Crippen LogP contribution in [-0.4, -0.2) is 44.2 Å². The molecular weight excluding hydrogens is 282 g/mol. The Hall–Kier alpha value is -0.380. The first-order valence-electron chi connectivity index (χ1n) is 10.2. The number of nitrogens with one attached hydrogen (secondary N) is 1. The van der Waals surface area contributed by atoms with Crippen LogP contribution in [0.2, 0.25) is 0 Å². The Bertz CT molecular complexity index is 266. The molecule has 0 aromatic heterocycles. The summed E-state index contributed by atoms with van der Waals surface area (Å²) in [5.41, 5.74) is 5.52. The minimum atomic E-state index is 0.798. The van der Waals surface area contributed by atoms with Crippen molar-refractivity contribution in [3.63, 3.8) is 0 Å². The fraction of sp³-hybridized carbons (Fsp3) is 0.900. The molecule has 136 valence electrons. The lowest BCUT2D eigenvalue weighted by Crippen LogP contribution is -2.30. The van der Waals surface area contributed by atoms with E-state index in [1.807, 2.05) is 0 Å². The molecule has 0 aliphatic carbocycles. The lowest BCUT2D eigenvalue weighted by molar-refractivity contribution is 0.260. The van der Waals surface area contributed by atoms with Gasteiger partial charge in [-0.25, -0.2) is 0 Å². The van der Waals surface area contributed by atoms with Gasteiger partial charge in [0, 0.05) is 0 Å². The van der Waals surface area contributed by atoms with Gasteiger partial charge < -0.3 is 16.0 Å². The summed E-state index contributed by atoms with van der Waals surface area (Å²) >= 11 is 0. The van der Waals surface area contributed by atoms with E-state index < -0.39 is 0 Å². The van der Waals surface area contributed by atoms with E-state index in [0.29, 0.717) is 0 Å². The molecule has 1 aliphatic rings. The first kappa shape index (κ1) is 20.7. The molecule has 1 aliphatic heterocycles. The van der Waals surface area contributed by atoms with Crippen molar-refractivity contribution in [2.45, 2.75) is 77.0 Å². The number of allylic oxidation sites excluding steroid dienone is 2. The van der Waals surface area contributed by atoms with Crippen molar-refractivity contribution in [1.29, 1.82) is 0 Å². The molecule has 0 bridgehead atoms. The third kappa shape index (κ3) is 13.7. The summed E-state index contributed by atoms with van der Waals surface area (Å²) in [5.74, 6) is 0. The largest absolute Gasteiger partial charge is 0.330 e. The monoisotopic (exact) mass is 323 g/mol. The highest BCUT2D eigenvalue weighted by molar-refractivity contribution is 4.81. The second-order valence-electron chi connectivity index (χ2n) is 6.96. The summed E-state index contributed by atoms with van der Waals surface area (Å²) in [5, 5.41) is 3.50. The fourth-order valence-electron chi connectivity index (χ4n) is 3.27. The number of nitrogens with zero attached hydrogens (tertiary/aromatic N) is 1. The average Bonchev–Trinajstić information content (AvgIpc) is 2.57. The summed E-state index contributed by atoms with van der Waals surface area (Å²) in [6.45, 7) is 6.82. The van der Waals surface area contributed by atoms with E-state index in [2.05, 4.69) is 22.4 Å². The predicted molar refractivity (Wildman–Crippen MR) is 103 cm³/mol. The number of hydrogen-bond donors (Lipinski definition) is 2. The van der Waals surface area contributed by atoms with Crippen LogP contribution in [0.1, 0.15) is 77.0 Å². The van der Waals surface area contributed by atoms with E-state index in [1.54, 1.807) is 0 Å². The van der Waals surface area contributed by atoms with Crippen molar-refractivity contribution in [2.75, 3.05) is 39.3 Å². The molecule has 1 rings (SSSR count). The van der Waals surface area contributed by atoms with E-state index in [-0.39, 0.29) is 0 Å². The molecule has 3 N–H and O–H groups in total. The summed E-state index contributed by atoms with van der Waals surface area (Å²) in [7, 11) is 0. The maximum absolute atomic E-state index is 5.52. The SMILES string of the molecule is NCCCNCCCN1CCCC=CCCCCCCCCC1. The number of hydrogen-bond acceptors (Lipinski definition) is 3. The topological polar surface area (TPSA) is 41.3 Å². The second kappa shape index (κ2) is 16.5. The number of rotatable bonds is 7. The maximum atomic E-state index is 5.52. The standard InChI is InChI=1S/C20H41N3/c21-15-13-16-22-17-14-20-23-18-11-9-7-5-3-1-2-4-6-8-10-12-19-23/h5,7,22H,1-4,6,8-21H2. The summed E-state index contributed by atoms with van der Waals surface area (Å²) < 4.78 is 0. The molecule has 3 heteroatoms. The average molecular weight is 324 g/mol. The maximum Gasteiger partial charge on any atom is -0.000664 e. The summed E-state index contributed by atoms with van der Waals surface area (Å²) in [6.07, 6.45) is 21.0. The highest BCUT2D eigenvalue weighted by Crippen LogP contribution is 2.11. The van der Waals surface area contributed by atoms with E-state index in [0.717, 1.165) is 26.1 Å². The van der Waals surface area contributed by atoms with Crippen molar-refractivity contribution in [3.8, 4) is 0 Å². The van der Waals surface area contributed by atoms with Crippen LogP contribution in [0.4, 0.5) is 0 Å². The zero-order valence-electron chi connectivity index (χ0n) is 15.4. The molecule has 3 nitrogen and oxygen atoms in total. The van der Waals surface area contributed by atoms with Gasteiger partial charge in [-0.05, 0) is 84.2 Å². The fourth-order valence-corrected chi connectivity index (χ4v) is 3.27. The van der Waals surface area contributed by atoms with Crippen LogP contribution in [0, 0.1) is 0 Å². The third-order valence-electron chi connectivity index (χ3n) is 4.74. The van der Waals surface area contributed by atoms with Gasteiger partial charge in [0.15, 0.2) is 0 Å². The van der Waals surface area contributed by atoms with Crippen molar-refractivity contribution < 1.29 is 0 Å². The Morgan fingerprint density at radius 2 is 1.35 bits per heavy atom. The lowest BCUT2D eigenvalue weighted by atomic mass is 10.1. The minimum absolute atomic E-state index is 0.798. The van der Waals surface area contributed by atoms with E-state index in [1.165, 1.54) is 90.3 Å². The summed E-state index contributed by atoms with van der Waals surface area (Å²) in [4.78, 5) is 2.69. The molecule has 0 unspecified atom stereocenters. The van der Waals surface area contributed by atoms with Gasteiger partial charge >= 0.3 is 0 Å². The van der Waals surface area contributed by atoms with Gasteiger partial charge in [-0.15, -0.1) is 0 Å². The molecule has 0 atom stereocenters. The highest BCUT2D eigenvalue weighted by Gasteiger charge is 2.04. The predicted octanol–water partition coefficient (Wildman–Crippen LogP) is 4.09. The molecule has 0 saturated heterocycles. The van der Waals surface area contributed by atoms with Gasteiger partial charge in [-0.2, -0.15) is 0 Å². The molecule has 0 aromatic carbocycles. The molecule has 23 heavy (non-hydrogen) atoms. The van der Waals surface area contributed by atoms with Crippen molar-refractivity contribution in [1.82, 2.24) is 10.2 Å². The first-order chi connectivity index (χ1) is 11.4. The molecule has 1 heterocycles. The molecule has 0 saturated carbocycles. The zero-order valence-corrected chi connectivity index (χ0v) is 15.4. The molecule has 0 spiro atoms.